The molecule has 4 nitrogen and oxygen atoms in total. The number of anilines is 1. The van der Waals surface area contributed by atoms with E-state index in [0.717, 1.165) is 5.56 Å². The number of phenolic OH excluding ortho intramolecular Hbond substituents is 2. The molecule has 2 rings (SSSR count). The first-order valence-electron chi connectivity index (χ1n) is 5.58. The summed E-state index contributed by atoms with van der Waals surface area (Å²) >= 11 is 5.72. The standard InChI is InChI=1S/C14H12ClNO3/c15-8-9-2-1-3-11(6-9)16-14(19)10-4-5-12(17)13(18)7-10/h1-7,17-18H,8H2,(H,16,19). The van der Waals surface area contributed by atoms with Crippen molar-refractivity contribution in [1.29, 1.82) is 0 Å². The number of carbonyl (C=O) groups excluding carboxylic acids is 1. The molecule has 5 heteroatoms. The zero-order chi connectivity index (χ0) is 13.8. The van der Waals surface area contributed by atoms with Crippen molar-refractivity contribution in [1.82, 2.24) is 0 Å². The van der Waals surface area contributed by atoms with Crippen LogP contribution in [-0.2, 0) is 5.88 Å². The molecule has 0 heterocycles. The third-order valence-corrected chi connectivity index (χ3v) is 2.89. The normalized spacial score (nSPS) is 10.2. The highest BCUT2D eigenvalue weighted by Gasteiger charge is 2.09. The Kier molecular flexibility index (Phi) is 3.92. The fraction of sp³-hybridized carbons (Fsp3) is 0.0714. The monoisotopic (exact) mass is 277 g/mol. The third-order valence-electron chi connectivity index (χ3n) is 2.58. The average Bonchev–Trinajstić information content (AvgIpc) is 2.42. The molecular weight excluding hydrogens is 266 g/mol. The van der Waals surface area contributed by atoms with Crippen LogP contribution in [0.25, 0.3) is 0 Å². The minimum Gasteiger partial charge on any atom is -0.504 e. The fourth-order valence-corrected chi connectivity index (χ4v) is 1.77. The Hall–Kier alpha value is -2.20. The topological polar surface area (TPSA) is 69.6 Å². The van der Waals surface area contributed by atoms with E-state index >= 15 is 0 Å². The molecule has 0 aromatic heterocycles. The van der Waals surface area contributed by atoms with Gasteiger partial charge in [-0.05, 0) is 35.9 Å². The summed E-state index contributed by atoms with van der Waals surface area (Å²) in [7, 11) is 0. The number of nitrogens with one attached hydrogen (secondary N) is 1. The summed E-state index contributed by atoms with van der Waals surface area (Å²) < 4.78 is 0. The molecule has 3 N–H and O–H groups in total. The van der Waals surface area contributed by atoms with Crippen molar-refractivity contribution >= 4 is 23.2 Å². The van der Waals surface area contributed by atoms with E-state index in [1.165, 1.54) is 18.2 Å². The molecule has 0 bridgehead atoms. The lowest BCUT2D eigenvalue weighted by Crippen LogP contribution is -2.11. The molecule has 0 radical (unpaired) electrons. The number of benzene rings is 2. The summed E-state index contributed by atoms with van der Waals surface area (Å²) in [5, 5.41) is 21.2. The highest BCUT2D eigenvalue weighted by molar-refractivity contribution is 6.17. The van der Waals surface area contributed by atoms with Gasteiger partial charge in [0.2, 0.25) is 0 Å². The first kappa shape index (κ1) is 13.2. The zero-order valence-electron chi connectivity index (χ0n) is 9.93. The molecule has 98 valence electrons. The van der Waals surface area contributed by atoms with Gasteiger partial charge in [0.25, 0.3) is 5.91 Å². The summed E-state index contributed by atoms with van der Waals surface area (Å²) in [5.74, 6) is -0.603. The van der Waals surface area contributed by atoms with E-state index in [1.807, 2.05) is 6.07 Å². The Morgan fingerprint density at radius 3 is 2.58 bits per heavy atom. The van der Waals surface area contributed by atoms with Crippen molar-refractivity contribution in [2.24, 2.45) is 0 Å². The number of rotatable bonds is 3. The van der Waals surface area contributed by atoms with Crippen LogP contribution in [0.15, 0.2) is 42.5 Å². The van der Waals surface area contributed by atoms with Crippen LogP contribution in [0.1, 0.15) is 15.9 Å². The Morgan fingerprint density at radius 1 is 1.11 bits per heavy atom. The van der Waals surface area contributed by atoms with Gasteiger partial charge < -0.3 is 15.5 Å². The first-order valence-corrected chi connectivity index (χ1v) is 6.12. The third kappa shape index (κ3) is 3.17. The molecule has 0 spiro atoms. The van der Waals surface area contributed by atoms with E-state index in [9.17, 15) is 15.0 Å². The molecule has 0 atom stereocenters. The van der Waals surface area contributed by atoms with Crippen molar-refractivity contribution in [3.05, 3.63) is 53.6 Å². The van der Waals surface area contributed by atoms with Gasteiger partial charge in [-0.1, -0.05) is 12.1 Å². The Labute approximate surface area is 115 Å². The molecule has 0 aliphatic carbocycles. The van der Waals surface area contributed by atoms with Crippen LogP contribution in [0, 0.1) is 0 Å². The number of halogens is 1. The van der Waals surface area contributed by atoms with Gasteiger partial charge in [-0.15, -0.1) is 11.6 Å². The minimum atomic E-state index is -0.373. The molecule has 2 aromatic carbocycles. The van der Waals surface area contributed by atoms with Gasteiger partial charge in [-0.3, -0.25) is 4.79 Å². The molecule has 1 amide bonds. The predicted molar refractivity (Wildman–Crippen MR) is 73.7 cm³/mol. The molecule has 19 heavy (non-hydrogen) atoms. The van der Waals surface area contributed by atoms with Crippen molar-refractivity contribution in [3.8, 4) is 11.5 Å². The number of aromatic hydroxyl groups is 2. The molecule has 0 saturated carbocycles. The largest absolute Gasteiger partial charge is 0.504 e. The Bertz CT molecular complexity index is 613. The molecule has 0 aliphatic rings. The maximum absolute atomic E-state index is 11.9. The molecule has 0 aliphatic heterocycles. The predicted octanol–water partition coefficient (Wildman–Crippen LogP) is 3.09. The smallest absolute Gasteiger partial charge is 0.255 e. The highest BCUT2D eigenvalue weighted by Crippen LogP contribution is 2.25. The van der Waals surface area contributed by atoms with Crippen molar-refractivity contribution in [3.63, 3.8) is 0 Å². The second-order valence-corrected chi connectivity index (χ2v) is 4.26. The lowest BCUT2D eigenvalue weighted by molar-refractivity contribution is 0.102. The number of carbonyl (C=O) groups is 1. The lowest BCUT2D eigenvalue weighted by Gasteiger charge is -2.07. The number of hydrogen-bond acceptors (Lipinski definition) is 3. The van der Waals surface area contributed by atoms with Gasteiger partial charge in [-0.25, -0.2) is 0 Å². The molecule has 2 aromatic rings. The summed E-state index contributed by atoms with van der Waals surface area (Å²) in [5.41, 5.74) is 1.77. The summed E-state index contributed by atoms with van der Waals surface area (Å²) in [6, 6.07) is 11.1. The molecule has 0 saturated heterocycles. The number of alkyl halides is 1. The van der Waals surface area contributed by atoms with Crippen LogP contribution in [-0.4, -0.2) is 16.1 Å². The van der Waals surface area contributed by atoms with E-state index in [2.05, 4.69) is 5.32 Å². The Balaban J connectivity index is 2.18. The van der Waals surface area contributed by atoms with Gasteiger partial charge in [0.15, 0.2) is 11.5 Å². The van der Waals surface area contributed by atoms with Crippen LogP contribution in [0.4, 0.5) is 5.69 Å². The van der Waals surface area contributed by atoms with E-state index in [1.54, 1.807) is 18.2 Å². The van der Waals surface area contributed by atoms with E-state index in [4.69, 9.17) is 11.6 Å². The fourth-order valence-electron chi connectivity index (χ4n) is 1.60. The van der Waals surface area contributed by atoms with Crippen molar-refractivity contribution in [2.45, 2.75) is 5.88 Å². The van der Waals surface area contributed by atoms with Crippen LogP contribution < -0.4 is 5.32 Å². The average molecular weight is 278 g/mol. The number of hydrogen-bond donors (Lipinski definition) is 3. The highest BCUT2D eigenvalue weighted by atomic mass is 35.5. The van der Waals surface area contributed by atoms with Crippen LogP contribution >= 0.6 is 11.6 Å². The first-order chi connectivity index (χ1) is 9.10. The van der Waals surface area contributed by atoms with E-state index in [-0.39, 0.29) is 23.0 Å². The van der Waals surface area contributed by atoms with E-state index < -0.39 is 0 Å². The summed E-state index contributed by atoms with van der Waals surface area (Å²) in [6.45, 7) is 0. The van der Waals surface area contributed by atoms with E-state index in [0.29, 0.717) is 11.6 Å². The van der Waals surface area contributed by atoms with Crippen LogP contribution in [0.5, 0.6) is 11.5 Å². The zero-order valence-corrected chi connectivity index (χ0v) is 10.7. The Morgan fingerprint density at radius 2 is 1.89 bits per heavy atom. The van der Waals surface area contributed by atoms with Gasteiger partial charge in [-0.2, -0.15) is 0 Å². The van der Waals surface area contributed by atoms with Gasteiger partial charge in [0, 0.05) is 17.1 Å². The minimum absolute atomic E-state index is 0.256. The van der Waals surface area contributed by atoms with Crippen LogP contribution in [0.2, 0.25) is 0 Å². The lowest BCUT2D eigenvalue weighted by atomic mass is 10.1. The molecule has 0 unspecified atom stereocenters. The quantitative estimate of drug-likeness (QED) is 0.596. The van der Waals surface area contributed by atoms with Crippen LogP contribution in [0.3, 0.4) is 0 Å². The van der Waals surface area contributed by atoms with Crippen molar-refractivity contribution < 1.29 is 15.0 Å². The second kappa shape index (κ2) is 5.63. The van der Waals surface area contributed by atoms with Gasteiger partial charge in [0.1, 0.15) is 0 Å². The van der Waals surface area contributed by atoms with Crippen molar-refractivity contribution in [2.75, 3.05) is 5.32 Å². The van der Waals surface area contributed by atoms with Gasteiger partial charge in [0.05, 0.1) is 0 Å². The maximum atomic E-state index is 11.9. The summed E-state index contributed by atoms with van der Waals surface area (Å²) in [6.07, 6.45) is 0. The SMILES string of the molecule is O=C(Nc1cccc(CCl)c1)c1ccc(O)c(O)c1. The van der Waals surface area contributed by atoms with Gasteiger partial charge >= 0.3 is 0 Å². The number of amides is 1. The number of phenols is 2. The summed E-state index contributed by atoms with van der Waals surface area (Å²) in [4.78, 5) is 11.9. The molecule has 0 fully saturated rings. The second-order valence-electron chi connectivity index (χ2n) is 3.99. The molecular formula is C14H12ClNO3. The maximum Gasteiger partial charge on any atom is 0.255 e.